The number of aromatic amines is 2. The maximum absolute atomic E-state index is 11.7. The van der Waals surface area contributed by atoms with Crippen molar-refractivity contribution in [2.45, 2.75) is 0 Å². The average molecular weight is 287 g/mol. The highest BCUT2D eigenvalue weighted by atomic mass is 16.6. The van der Waals surface area contributed by atoms with E-state index >= 15 is 0 Å². The summed E-state index contributed by atoms with van der Waals surface area (Å²) in [4.78, 5) is 35.0. The second kappa shape index (κ2) is 4.30. The summed E-state index contributed by atoms with van der Waals surface area (Å²) >= 11 is 0. The molecule has 2 heterocycles. The Hall–Kier alpha value is -3.43. The minimum absolute atomic E-state index is 0.0717. The molecule has 0 saturated heterocycles. The molecule has 3 aromatic rings. The van der Waals surface area contributed by atoms with Gasteiger partial charge in [-0.15, -0.1) is 0 Å². The molecule has 21 heavy (non-hydrogen) atoms. The number of nitrogens with two attached hydrogens (primary N) is 2. The fraction of sp³-hybridized carbons (Fsp3) is 0. The number of benzene rings is 1. The summed E-state index contributed by atoms with van der Waals surface area (Å²) < 4.78 is 0. The molecule has 0 bridgehead atoms. The normalized spacial score (nSPS) is 10.9. The number of H-pyrrole nitrogens is 2. The number of nitro groups is 1. The van der Waals surface area contributed by atoms with E-state index in [2.05, 4.69) is 19.9 Å². The number of hydrogen-bond donors (Lipinski definition) is 4. The lowest BCUT2D eigenvalue weighted by Crippen LogP contribution is -2.10. The lowest BCUT2D eigenvalue weighted by Gasteiger charge is -2.01. The van der Waals surface area contributed by atoms with Crippen molar-refractivity contribution in [2.75, 3.05) is 11.5 Å². The summed E-state index contributed by atoms with van der Waals surface area (Å²) in [5, 5.41) is 10.8. The molecule has 0 atom stereocenters. The van der Waals surface area contributed by atoms with Gasteiger partial charge in [-0.25, -0.2) is 4.98 Å². The highest BCUT2D eigenvalue weighted by Crippen LogP contribution is 2.28. The third-order valence-corrected chi connectivity index (χ3v) is 2.88. The summed E-state index contributed by atoms with van der Waals surface area (Å²) in [6, 6.07) is 3.95. The Bertz CT molecular complexity index is 927. The van der Waals surface area contributed by atoms with Crippen LogP contribution in [0.2, 0.25) is 0 Å². The van der Waals surface area contributed by atoms with Gasteiger partial charge in [0.05, 0.1) is 4.92 Å². The quantitative estimate of drug-likeness (QED) is 0.300. The fourth-order valence-electron chi connectivity index (χ4n) is 1.91. The molecule has 0 fully saturated rings. The molecule has 0 radical (unpaired) electrons. The first-order valence-electron chi connectivity index (χ1n) is 5.75. The molecule has 2 aromatic heterocycles. The number of anilines is 2. The number of nitro benzene ring substituents is 1. The van der Waals surface area contributed by atoms with Gasteiger partial charge in [-0.2, -0.15) is 4.98 Å². The van der Waals surface area contributed by atoms with E-state index in [1.165, 1.54) is 18.2 Å². The molecule has 0 saturated carbocycles. The van der Waals surface area contributed by atoms with E-state index < -0.39 is 10.5 Å². The molecular weight excluding hydrogens is 278 g/mol. The van der Waals surface area contributed by atoms with Gasteiger partial charge in [0.2, 0.25) is 5.95 Å². The first-order valence-corrected chi connectivity index (χ1v) is 5.75. The Morgan fingerprint density at radius 3 is 2.67 bits per heavy atom. The zero-order valence-corrected chi connectivity index (χ0v) is 10.5. The molecular formula is C11H9N7O3. The first kappa shape index (κ1) is 12.6. The summed E-state index contributed by atoms with van der Waals surface area (Å²) in [6.45, 7) is 0. The highest BCUT2D eigenvalue weighted by Gasteiger charge is 2.15. The Balaban J connectivity index is 2.25. The Morgan fingerprint density at radius 1 is 1.19 bits per heavy atom. The summed E-state index contributed by atoms with van der Waals surface area (Å²) in [7, 11) is 0. The summed E-state index contributed by atoms with van der Waals surface area (Å²) in [6.07, 6.45) is 0. The standard InChI is InChI=1S/C11H9N7O3/c12-6-2-1-4(18(20)21)3-5(6)8-14-7-9(15-8)16-11(13)17-10(7)19/h1-3H,12H2,(H4,13,14,15,16,17,19). The first-order chi connectivity index (χ1) is 9.95. The highest BCUT2D eigenvalue weighted by molar-refractivity contribution is 5.81. The van der Waals surface area contributed by atoms with Gasteiger partial charge in [0.25, 0.3) is 11.2 Å². The van der Waals surface area contributed by atoms with E-state index in [-0.39, 0.29) is 34.3 Å². The van der Waals surface area contributed by atoms with Gasteiger partial charge in [-0.05, 0) is 6.07 Å². The van der Waals surface area contributed by atoms with E-state index in [4.69, 9.17) is 11.5 Å². The molecule has 0 aliphatic carbocycles. The maximum Gasteiger partial charge on any atom is 0.278 e. The second-order valence-corrected chi connectivity index (χ2v) is 4.26. The van der Waals surface area contributed by atoms with E-state index in [1.54, 1.807) is 0 Å². The number of nitrogens with one attached hydrogen (secondary N) is 2. The molecule has 3 rings (SSSR count). The Morgan fingerprint density at radius 2 is 1.95 bits per heavy atom. The number of fused-ring (bicyclic) bond motifs is 1. The van der Waals surface area contributed by atoms with Gasteiger partial charge >= 0.3 is 0 Å². The molecule has 6 N–H and O–H groups in total. The van der Waals surface area contributed by atoms with Crippen LogP contribution in [0.15, 0.2) is 23.0 Å². The van der Waals surface area contributed by atoms with Crippen LogP contribution in [0.25, 0.3) is 22.6 Å². The topological polar surface area (TPSA) is 170 Å². The van der Waals surface area contributed by atoms with Crippen molar-refractivity contribution in [1.82, 2.24) is 19.9 Å². The molecule has 0 aliphatic rings. The average Bonchev–Trinajstić information content (AvgIpc) is 2.82. The van der Waals surface area contributed by atoms with Gasteiger partial charge in [-0.1, -0.05) is 0 Å². The molecule has 0 spiro atoms. The van der Waals surface area contributed by atoms with E-state index in [0.717, 1.165) is 0 Å². The van der Waals surface area contributed by atoms with E-state index in [9.17, 15) is 14.9 Å². The van der Waals surface area contributed by atoms with Crippen LogP contribution in [0.5, 0.6) is 0 Å². The predicted octanol–water partition coefficient (Wildman–Crippen LogP) is 0.386. The maximum atomic E-state index is 11.7. The van der Waals surface area contributed by atoms with Crippen LogP contribution >= 0.6 is 0 Å². The van der Waals surface area contributed by atoms with E-state index in [1.807, 2.05) is 0 Å². The SMILES string of the molecule is Nc1nc2nc(-c3cc([N+](=O)[O-])ccc3N)[nH]c2c(=O)[nH]1. The van der Waals surface area contributed by atoms with Crippen molar-refractivity contribution in [2.24, 2.45) is 0 Å². The molecule has 0 aliphatic heterocycles. The number of aromatic nitrogens is 4. The predicted molar refractivity (Wildman–Crippen MR) is 75.4 cm³/mol. The fourth-order valence-corrected chi connectivity index (χ4v) is 1.91. The van der Waals surface area contributed by atoms with Crippen molar-refractivity contribution in [3.8, 4) is 11.4 Å². The smallest absolute Gasteiger partial charge is 0.278 e. The largest absolute Gasteiger partial charge is 0.398 e. The molecule has 106 valence electrons. The number of nitrogens with zero attached hydrogens (tertiary/aromatic N) is 3. The lowest BCUT2D eigenvalue weighted by atomic mass is 10.1. The molecule has 10 heteroatoms. The minimum atomic E-state index is -0.547. The van der Waals surface area contributed by atoms with E-state index in [0.29, 0.717) is 5.56 Å². The molecule has 1 aromatic carbocycles. The lowest BCUT2D eigenvalue weighted by molar-refractivity contribution is -0.384. The zero-order valence-electron chi connectivity index (χ0n) is 10.5. The van der Waals surface area contributed by atoms with Crippen LogP contribution in [0.1, 0.15) is 0 Å². The second-order valence-electron chi connectivity index (χ2n) is 4.26. The Kier molecular flexibility index (Phi) is 2.58. The van der Waals surface area contributed by atoms with Crippen LogP contribution in [0.3, 0.4) is 0 Å². The van der Waals surface area contributed by atoms with Crippen molar-refractivity contribution in [1.29, 1.82) is 0 Å². The number of nitrogen functional groups attached to an aromatic ring is 2. The van der Waals surface area contributed by atoms with Crippen LogP contribution in [-0.4, -0.2) is 24.9 Å². The van der Waals surface area contributed by atoms with Gasteiger partial charge in [0, 0.05) is 23.4 Å². The monoisotopic (exact) mass is 287 g/mol. The molecule has 0 amide bonds. The van der Waals surface area contributed by atoms with Gasteiger partial charge in [0.15, 0.2) is 11.2 Å². The molecule has 0 unspecified atom stereocenters. The van der Waals surface area contributed by atoms with Gasteiger partial charge < -0.3 is 16.5 Å². The number of imidazole rings is 1. The van der Waals surface area contributed by atoms with Gasteiger partial charge in [-0.3, -0.25) is 19.9 Å². The Labute approximate surface area is 116 Å². The number of rotatable bonds is 2. The van der Waals surface area contributed by atoms with Crippen LogP contribution < -0.4 is 17.0 Å². The minimum Gasteiger partial charge on any atom is -0.398 e. The van der Waals surface area contributed by atoms with Crippen molar-refractivity contribution in [3.05, 3.63) is 38.7 Å². The van der Waals surface area contributed by atoms with Crippen molar-refractivity contribution in [3.63, 3.8) is 0 Å². The van der Waals surface area contributed by atoms with Crippen LogP contribution in [0.4, 0.5) is 17.3 Å². The third kappa shape index (κ3) is 2.04. The number of non-ortho nitro benzene ring substituents is 1. The zero-order chi connectivity index (χ0) is 15.1. The third-order valence-electron chi connectivity index (χ3n) is 2.88. The van der Waals surface area contributed by atoms with Crippen molar-refractivity contribution >= 4 is 28.5 Å². The van der Waals surface area contributed by atoms with Crippen molar-refractivity contribution < 1.29 is 4.92 Å². The van der Waals surface area contributed by atoms with Crippen LogP contribution in [0, 0.1) is 10.1 Å². The van der Waals surface area contributed by atoms with Crippen LogP contribution in [-0.2, 0) is 0 Å². The molecule has 10 nitrogen and oxygen atoms in total. The summed E-state index contributed by atoms with van der Waals surface area (Å²) in [5.41, 5.74) is 11.4. The van der Waals surface area contributed by atoms with Gasteiger partial charge in [0.1, 0.15) is 5.82 Å². The summed E-state index contributed by atoms with van der Waals surface area (Å²) in [5.74, 6) is 0.132. The number of hydrogen-bond acceptors (Lipinski definition) is 7.